The summed E-state index contributed by atoms with van der Waals surface area (Å²) in [7, 11) is 0. The zero-order valence-electron chi connectivity index (χ0n) is 9.72. The maximum Gasteiger partial charge on any atom is 0.225 e. The van der Waals surface area contributed by atoms with Gasteiger partial charge in [0.1, 0.15) is 5.75 Å². The van der Waals surface area contributed by atoms with Gasteiger partial charge in [-0.2, -0.15) is 0 Å². The summed E-state index contributed by atoms with van der Waals surface area (Å²) in [6, 6.07) is 8.63. The van der Waals surface area contributed by atoms with Crippen LogP contribution in [0.5, 0.6) is 5.75 Å². The molecule has 0 unspecified atom stereocenters. The van der Waals surface area contributed by atoms with Gasteiger partial charge in [0.15, 0.2) is 0 Å². The summed E-state index contributed by atoms with van der Waals surface area (Å²) >= 11 is 1.55. The summed E-state index contributed by atoms with van der Waals surface area (Å²) in [6.45, 7) is 0.279. The number of phenolic OH excluding ortho intramolecular Hbond substituents is 1. The number of nitrogen functional groups attached to an aromatic ring is 1. The summed E-state index contributed by atoms with van der Waals surface area (Å²) in [6.07, 6.45) is 0.362. The molecule has 4 N–H and O–H groups in total. The van der Waals surface area contributed by atoms with Gasteiger partial charge >= 0.3 is 0 Å². The highest BCUT2D eigenvalue weighted by Gasteiger charge is 2.06. The third kappa shape index (κ3) is 3.24. The monoisotopic (exact) mass is 262 g/mol. The Labute approximate surface area is 109 Å². The lowest BCUT2D eigenvalue weighted by molar-refractivity contribution is -0.120. The van der Waals surface area contributed by atoms with Crippen LogP contribution in [-0.4, -0.2) is 11.0 Å². The van der Waals surface area contributed by atoms with Crippen molar-refractivity contribution in [3.05, 3.63) is 46.2 Å². The first-order valence-corrected chi connectivity index (χ1v) is 6.39. The third-order valence-corrected chi connectivity index (χ3v) is 3.37. The van der Waals surface area contributed by atoms with E-state index in [2.05, 4.69) is 5.32 Å². The van der Waals surface area contributed by atoms with Gasteiger partial charge in [-0.15, -0.1) is 11.3 Å². The Balaban J connectivity index is 1.91. The molecule has 0 atom stereocenters. The van der Waals surface area contributed by atoms with Gasteiger partial charge in [0.25, 0.3) is 0 Å². The van der Waals surface area contributed by atoms with Crippen molar-refractivity contribution < 1.29 is 9.90 Å². The second-order valence-electron chi connectivity index (χ2n) is 3.92. The van der Waals surface area contributed by atoms with Crippen molar-refractivity contribution in [2.75, 3.05) is 5.73 Å². The lowest BCUT2D eigenvalue weighted by Crippen LogP contribution is -2.24. The maximum absolute atomic E-state index is 11.7. The van der Waals surface area contributed by atoms with Crippen LogP contribution in [-0.2, 0) is 17.8 Å². The molecule has 1 heterocycles. The highest BCUT2D eigenvalue weighted by atomic mass is 32.1. The molecule has 0 aliphatic rings. The van der Waals surface area contributed by atoms with Crippen molar-refractivity contribution in [1.82, 2.24) is 5.32 Å². The van der Waals surface area contributed by atoms with Crippen LogP contribution in [0.15, 0.2) is 35.7 Å². The van der Waals surface area contributed by atoms with Gasteiger partial charge in [-0.3, -0.25) is 4.79 Å². The van der Waals surface area contributed by atoms with Crippen molar-refractivity contribution in [1.29, 1.82) is 0 Å². The number of nitrogens with two attached hydrogens (primary N) is 1. The van der Waals surface area contributed by atoms with E-state index in [0.29, 0.717) is 17.7 Å². The molecular weight excluding hydrogens is 248 g/mol. The van der Waals surface area contributed by atoms with Gasteiger partial charge in [0.2, 0.25) is 5.91 Å². The Hall–Kier alpha value is -2.01. The van der Waals surface area contributed by atoms with Crippen molar-refractivity contribution >= 4 is 22.9 Å². The molecule has 0 saturated carbocycles. The molecule has 1 amide bonds. The molecule has 1 aromatic heterocycles. The number of amides is 1. The van der Waals surface area contributed by atoms with E-state index in [-0.39, 0.29) is 18.2 Å². The van der Waals surface area contributed by atoms with E-state index in [1.165, 1.54) is 6.07 Å². The second-order valence-corrected chi connectivity index (χ2v) is 4.95. The molecule has 0 spiro atoms. The molecule has 0 bridgehead atoms. The molecule has 0 aliphatic heterocycles. The number of anilines is 1. The van der Waals surface area contributed by atoms with Crippen molar-refractivity contribution in [3.63, 3.8) is 0 Å². The Bertz CT molecular complexity index is 538. The Kier molecular flexibility index (Phi) is 3.84. The fraction of sp³-hybridized carbons (Fsp3) is 0.154. The molecule has 0 fully saturated rings. The number of rotatable bonds is 4. The Morgan fingerprint density at radius 2 is 2.22 bits per heavy atom. The van der Waals surface area contributed by atoms with Crippen LogP contribution in [0.25, 0.3) is 0 Å². The minimum Gasteiger partial charge on any atom is -0.508 e. The van der Waals surface area contributed by atoms with Gasteiger partial charge in [0.05, 0.1) is 6.42 Å². The van der Waals surface area contributed by atoms with Crippen LogP contribution < -0.4 is 11.1 Å². The molecule has 2 rings (SSSR count). The Morgan fingerprint density at radius 1 is 1.39 bits per heavy atom. The average molecular weight is 262 g/mol. The predicted octanol–water partition coefficient (Wildman–Crippen LogP) is 1.89. The van der Waals surface area contributed by atoms with E-state index < -0.39 is 0 Å². The molecule has 1 aromatic carbocycles. The normalized spacial score (nSPS) is 10.2. The Morgan fingerprint density at radius 3 is 2.94 bits per heavy atom. The number of hydrogen-bond acceptors (Lipinski definition) is 4. The standard InChI is InChI=1S/C13H14N2O2S/c14-10-3-4-12(16)9(6-10)8-15-13(17)7-11-2-1-5-18-11/h1-6,16H,7-8,14H2,(H,15,17). The zero-order valence-corrected chi connectivity index (χ0v) is 10.5. The third-order valence-electron chi connectivity index (χ3n) is 2.49. The summed E-state index contributed by atoms with van der Waals surface area (Å²) in [5.74, 6) is 0.0694. The van der Waals surface area contributed by atoms with Gasteiger partial charge in [-0.05, 0) is 29.6 Å². The summed E-state index contributed by atoms with van der Waals surface area (Å²) in [4.78, 5) is 12.7. The quantitative estimate of drug-likeness (QED) is 0.582. The molecule has 0 radical (unpaired) electrons. The van der Waals surface area contributed by atoms with Crippen LogP contribution in [0.2, 0.25) is 0 Å². The van der Waals surface area contributed by atoms with Gasteiger partial charge in [0, 0.05) is 22.7 Å². The van der Waals surface area contributed by atoms with E-state index in [0.717, 1.165) is 4.88 Å². The first kappa shape index (κ1) is 12.4. The summed E-state index contributed by atoms with van der Waals surface area (Å²) in [5.41, 5.74) is 6.81. The van der Waals surface area contributed by atoms with Crippen LogP contribution >= 0.6 is 11.3 Å². The van der Waals surface area contributed by atoms with Gasteiger partial charge in [-0.1, -0.05) is 6.07 Å². The lowest BCUT2D eigenvalue weighted by Gasteiger charge is -2.07. The van der Waals surface area contributed by atoms with E-state index in [1.807, 2.05) is 17.5 Å². The largest absolute Gasteiger partial charge is 0.508 e. The first-order valence-electron chi connectivity index (χ1n) is 5.51. The predicted molar refractivity (Wildman–Crippen MR) is 72.4 cm³/mol. The van der Waals surface area contributed by atoms with Crippen LogP contribution in [0.4, 0.5) is 5.69 Å². The minimum atomic E-state index is -0.0701. The maximum atomic E-state index is 11.7. The lowest BCUT2D eigenvalue weighted by atomic mass is 10.1. The van der Waals surface area contributed by atoms with Crippen LogP contribution in [0.1, 0.15) is 10.4 Å². The number of nitrogens with one attached hydrogen (secondary N) is 1. The highest BCUT2D eigenvalue weighted by molar-refractivity contribution is 7.10. The number of thiophene rings is 1. The number of phenols is 1. The minimum absolute atomic E-state index is 0.0701. The molecular formula is C13H14N2O2S. The topological polar surface area (TPSA) is 75.3 Å². The molecule has 18 heavy (non-hydrogen) atoms. The van der Waals surface area contributed by atoms with E-state index in [1.54, 1.807) is 23.5 Å². The molecule has 4 nitrogen and oxygen atoms in total. The second kappa shape index (κ2) is 5.55. The number of hydrogen-bond donors (Lipinski definition) is 3. The van der Waals surface area contributed by atoms with Crippen molar-refractivity contribution in [3.8, 4) is 5.75 Å². The zero-order chi connectivity index (χ0) is 13.0. The first-order chi connectivity index (χ1) is 8.65. The van der Waals surface area contributed by atoms with Gasteiger partial charge < -0.3 is 16.2 Å². The molecule has 2 aromatic rings. The van der Waals surface area contributed by atoms with Crippen molar-refractivity contribution in [2.24, 2.45) is 0 Å². The van der Waals surface area contributed by atoms with E-state index in [9.17, 15) is 9.90 Å². The number of benzene rings is 1. The SMILES string of the molecule is Nc1ccc(O)c(CNC(=O)Cc2cccs2)c1. The van der Waals surface area contributed by atoms with Crippen LogP contribution in [0, 0.1) is 0 Å². The van der Waals surface area contributed by atoms with Crippen LogP contribution in [0.3, 0.4) is 0 Å². The summed E-state index contributed by atoms with van der Waals surface area (Å²) in [5, 5.41) is 14.3. The smallest absolute Gasteiger partial charge is 0.225 e. The fourth-order valence-corrected chi connectivity index (χ4v) is 2.28. The number of carbonyl (C=O) groups is 1. The van der Waals surface area contributed by atoms with E-state index >= 15 is 0 Å². The average Bonchev–Trinajstić information content (AvgIpc) is 2.83. The van der Waals surface area contributed by atoms with E-state index in [4.69, 9.17) is 5.73 Å². The van der Waals surface area contributed by atoms with Crippen molar-refractivity contribution in [2.45, 2.75) is 13.0 Å². The molecule has 5 heteroatoms. The number of carbonyl (C=O) groups excluding carboxylic acids is 1. The highest BCUT2D eigenvalue weighted by Crippen LogP contribution is 2.19. The fourth-order valence-electron chi connectivity index (χ4n) is 1.57. The molecule has 94 valence electrons. The van der Waals surface area contributed by atoms with Gasteiger partial charge in [-0.25, -0.2) is 0 Å². The molecule has 0 aliphatic carbocycles. The number of aromatic hydroxyl groups is 1. The summed E-state index contributed by atoms with van der Waals surface area (Å²) < 4.78 is 0. The molecule has 0 saturated heterocycles.